The van der Waals surface area contributed by atoms with Crippen LogP contribution in [-0.2, 0) is 21.2 Å². The Morgan fingerprint density at radius 2 is 1.67 bits per heavy atom. The second-order valence-electron chi connectivity index (χ2n) is 6.48. The molecule has 0 radical (unpaired) electrons. The molecule has 0 aliphatic heterocycles. The molecule has 0 atom stereocenters. The van der Waals surface area contributed by atoms with Crippen molar-refractivity contribution in [2.75, 3.05) is 5.32 Å². The maximum Gasteiger partial charge on any atom is 0.238 e. The number of nitrogens with two attached hydrogens (primary N) is 1. The molecule has 2 aromatic rings. The highest BCUT2D eigenvalue weighted by molar-refractivity contribution is 7.89. The van der Waals surface area contributed by atoms with Gasteiger partial charge in [0, 0.05) is 24.1 Å². The minimum absolute atomic E-state index is 0.00640. The maximum atomic E-state index is 12.2. The van der Waals surface area contributed by atoms with Gasteiger partial charge < -0.3 is 5.32 Å². The molecular weight excluding hydrogens is 364 g/mol. The van der Waals surface area contributed by atoms with Crippen molar-refractivity contribution in [3.05, 3.63) is 58.7 Å². The second kappa shape index (κ2) is 8.45. The molecule has 0 aliphatic rings. The molecule has 0 aliphatic carbocycles. The number of carbonyl (C=O) groups excluding carboxylic acids is 2. The third-order valence-electron chi connectivity index (χ3n) is 4.51. The molecule has 1 amide bonds. The molecule has 0 heterocycles. The lowest BCUT2D eigenvalue weighted by Gasteiger charge is -2.12. The Morgan fingerprint density at radius 3 is 2.22 bits per heavy atom. The van der Waals surface area contributed by atoms with Crippen LogP contribution in [0.3, 0.4) is 0 Å². The Bertz CT molecular complexity index is 964. The Labute approximate surface area is 159 Å². The van der Waals surface area contributed by atoms with E-state index in [4.69, 9.17) is 5.14 Å². The van der Waals surface area contributed by atoms with Crippen LogP contribution in [0, 0.1) is 13.8 Å². The molecule has 0 bridgehead atoms. The number of Topliss-reactive ketones (excluding diaryl/α,β-unsaturated/α-hetero) is 1. The lowest BCUT2D eigenvalue weighted by atomic mass is 10.0. The predicted molar refractivity (Wildman–Crippen MR) is 105 cm³/mol. The van der Waals surface area contributed by atoms with E-state index >= 15 is 0 Å². The van der Waals surface area contributed by atoms with Crippen LogP contribution in [0.2, 0.25) is 0 Å². The first-order chi connectivity index (χ1) is 12.6. The average molecular weight is 388 g/mol. The third-order valence-corrected chi connectivity index (χ3v) is 5.40. The van der Waals surface area contributed by atoms with Gasteiger partial charge in [-0.3, -0.25) is 9.59 Å². The molecule has 7 heteroatoms. The molecule has 2 aromatic carbocycles. The van der Waals surface area contributed by atoms with Crippen LogP contribution in [0.25, 0.3) is 0 Å². The maximum absolute atomic E-state index is 12.2. The molecule has 27 heavy (non-hydrogen) atoms. The number of hydrogen-bond acceptors (Lipinski definition) is 4. The normalized spacial score (nSPS) is 11.3. The van der Waals surface area contributed by atoms with E-state index in [1.807, 2.05) is 19.1 Å². The minimum atomic E-state index is -3.87. The third kappa shape index (κ3) is 5.48. The molecule has 2 rings (SSSR count). The molecule has 6 nitrogen and oxygen atoms in total. The Balaban J connectivity index is 2.05. The number of benzene rings is 2. The van der Waals surface area contributed by atoms with Gasteiger partial charge >= 0.3 is 0 Å². The summed E-state index contributed by atoms with van der Waals surface area (Å²) in [6.07, 6.45) is 0.976. The van der Waals surface area contributed by atoms with Crippen LogP contribution in [0.4, 0.5) is 5.69 Å². The number of primary sulfonamides is 1. The highest BCUT2D eigenvalue weighted by atomic mass is 32.2. The van der Waals surface area contributed by atoms with Crippen molar-refractivity contribution < 1.29 is 18.0 Å². The highest BCUT2D eigenvalue weighted by Crippen LogP contribution is 2.24. The molecule has 0 fully saturated rings. The van der Waals surface area contributed by atoms with Crippen molar-refractivity contribution in [2.24, 2.45) is 5.14 Å². The summed E-state index contributed by atoms with van der Waals surface area (Å²) < 4.78 is 23.1. The molecular formula is C20H24N2O4S. The Kier molecular flexibility index (Phi) is 6.51. The van der Waals surface area contributed by atoms with Gasteiger partial charge in [0.1, 0.15) is 0 Å². The standard InChI is InChI=1S/C20H24N2O4S/c1-4-15-5-7-16(8-6-15)19(23)9-10-20(24)22-18-12-17(27(21,25)26)11-13(2)14(18)3/h5-8,11-12H,4,9-10H2,1-3H3,(H,22,24)(H2,21,25,26). The van der Waals surface area contributed by atoms with E-state index in [1.54, 1.807) is 26.0 Å². The number of nitrogens with one attached hydrogen (secondary N) is 1. The Morgan fingerprint density at radius 1 is 1.04 bits per heavy atom. The first kappa shape index (κ1) is 20.8. The van der Waals surface area contributed by atoms with Gasteiger partial charge in [0.15, 0.2) is 5.78 Å². The van der Waals surface area contributed by atoms with Crippen molar-refractivity contribution in [1.82, 2.24) is 0 Å². The zero-order valence-corrected chi connectivity index (χ0v) is 16.5. The van der Waals surface area contributed by atoms with E-state index in [-0.39, 0.29) is 29.4 Å². The first-order valence-electron chi connectivity index (χ1n) is 8.68. The van der Waals surface area contributed by atoms with E-state index in [1.165, 1.54) is 12.1 Å². The number of rotatable bonds is 7. The summed E-state index contributed by atoms with van der Waals surface area (Å²) in [5, 5.41) is 7.85. The van der Waals surface area contributed by atoms with Crippen molar-refractivity contribution >= 4 is 27.4 Å². The van der Waals surface area contributed by atoms with Gasteiger partial charge in [0.05, 0.1) is 4.90 Å². The fourth-order valence-corrected chi connectivity index (χ4v) is 3.25. The number of amides is 1. The van der Waals surface area contributed by atoms with E-state index in [0.29, 0.717) is 16.8 Å². The number of aryl methyl sites for hydroxylation is 2. The molecule has 0 unspecified atom stereocenters. The van der Waals surface area contributed by atoms with Gasteiger partial charge in [0.2, 0.25) is 15.9 Å². The predicted octanol–water partition coefficient (Wildman–Crippen LogP) is 3.11. The van der Waals surface area contributed by atoms with Crippen molar-refractivity contribution in [3.63, 3.8) is 0 Å². The molecule has 0 spiro atoms. The summed E-state index contributed by atoms with van der Waals surface area (Å²) in [7, 11) is -3.87. The van der Waals surface area contributed by atoms with Crippen LogP contribution in [0.1, 0.15) is 46.8 Å². The lowest BCUT2D eigenvalue weighted by molar-refractivity contribution is -0.116. The summed E-state index contributed by atoms with van der Waals surface area (Å²) in [5.41, 5.74) is 3.54. The van der Waals surface area contributed by atoms with Crippen LogP contribution >= 0.6 is 0 Å². The number of anilines is 1. The van der Waals surface area contributed by atoms with Crippen molar-refractivity contribution in [3.8, 4) is 0 Å². The molecule has 0 aromatic heterocycles. The summed E-state index contributed by atoms with van der Waals surface area (Å²) >= 11 is 0. The van der Waals surface area contributed by atoms with Gasteiger partial charge in [-0.1, -0.05) is 31.2 Å². The zero-order valence-electron chi connectivity index (χ0n) is 15.7. The fourth-order valence-electron chi connectivity index (χ4n) is 2.63. The van der Waals surface area contributed by atoms with E-state index in [9.17, 15) is 18.0 Å². The first-order valence-corrected chi connectivity index (χ1v) is 10.2. The van der Waals surface area contributed by atoms with Gasteiger partial charge in [-0.2, -0.15) is 0 Å². The van der Waals surface area contributed by atoms with Crippen LogP contribution in [0.5, 0.6) is 0 Å². The quantitative estimate of drug-likeness (QED) is 0.711. The van der Waals surface area contributed by atoms with Crippen molar-refractivity contribution in [1.29, 1.82) is 0 Å². The SMILES string of the molecule is CCc1ccc(C(=O)CCC(=O)Nc2cc(S(N)(=O)=O)cc(C)c2C)cc1. The fraction of sp³-hybridized carbons (Fsp3) is 0.300. The summed E-state index contributed by atoms with van der Waals surface area (Å²) in [6.45, 7) is 5.55. The second-order valence-corrected chi connectivity index (χ2v) is 8.04. The minimum Gasteiger partial charge on any atom is -0.326 e. The molecule has 0 saturated heterocycles. The lowest BCUT2D eigenvalue weighted by Crippen LogP contribution is -2.17. The average Bonchev–Trinajstić information content (AvgIpc) is 2.62. The number of hydrogen-bond donors (Lipinski definition) is 2. The number of ketones is 1. The van der Waals surface area contributed by atoms with Gasteiger partial charge in [-0.15, -0.1) is 0 Å². The number of carbonyl (C=O) groups is 2. The number of sulfonamides is 1. The van der Waals surface area contributed by atoms with Gasteiger partial charge in [-0.05, 0) is 49.1 Å². The smallest absolute Gasteiger partial charge is 0.238 e. The van der Waals surface area contributed by atoms with E-state index in [2.05, 4.69) is 5.32 Å². The van der Waals surface area contributed by atoms with Crippen LogP contribution in [-0.4, -0.2) is 20.1 Å². The molecule has 0 saturated carbocycles. The topological polar surface area (TPSA) is 106 Å². The Hall–Kier alpha value is -2.51. The monoisotopic (exact) mass is 388 g/mol. The summed E-state index contributed by atoms with van der Waals surface area (Å²) in [6, 6.07) is 10.1. The van der Waals surface area contributed by atoms with Gasteiger partial charge in [-0.25, -0.2) is 13.6 Å². The van der Waals surface area contributed by atoms with E-state index < -0.39 is 10.0 Å². The molecule has 144 valence electrons. The van der Waals surface area contributed by atoms with Gasteiger partial charge in [0.25, 0.3) is 0 Å². The zero-order chi connectivity index (χ0) is 20.2. The van der Waals surface area contributed by atoms with Crippen LogP contribution < -0.4 is 10.5 Å². The van der Waals surface area contributed by atoms with Crippen molar-refractivity contribution in [2.45, 2.75) is 44.9 Å². The van der Waals surface area contributed by atoms with E-state index in [0.717, 1.165) is 17.5 Å². The summed E-state index contributed by atoms with van der Waals surface area (Å²) in [5.74, 6) is -0.471. The molecule has 3 N–H and O–H groups in total. The largest absolute Gasteiger partial charge is 0.326 e. The van der Waals surface area contributed by atoms with Crippen LogP contribution in [0.15, 0.2) is 41.3 Å². The summed E-state index contributed by atoms with van der Waals surface area (Å²) in [4.78, 5) is 24.4. The highest BCUT2D eigenvalue weighted by Gasteiger charge is 2.15.